The number of methoxy groups -OCH3 is 1. The zero-order valence-electron chi connectivity index (χ0n) is 16.8. The molecular formula is C22H28Cl2N2O3. The van der Waals surface area contributed by atoms with Crippen LogP contribution in [0, 0.1) is 0 Å². The Morgan fingerprint density at radius 2 is 1.90 bits per heavy atom. The van der Waals surface area contributed by atoms with Crippen LogP contribution in [-0.4, -0.2) is 51.4 Å². The smallest absolute Gasteiger partial charge is 0.180 e. The van der Waals surface area contributed by atoms with Crippen LogP contribution in [0.15, 0.2) is 36.4 Å². The number of rotatable bonds is 10. The van der Waals surface area contributed by atoms with E-state index >= 15 is 0 Å². The van der Waals surface area contributed by atoms with E-state index in [2.05, 4.69) is 10.2 Å². The van der Waals surface area contributed by atoms with E-state index in [0.29, 0.717) is 28.2 Å². The van der Waals surface area contributed by atoms with Crippen molar-refractivity contribution < 1.29 is 14.2 Å². The first-order valence-electron chi connectivity index (χ1n) is 9.91. The van der Waals surface area contributed by atoms with Crippen molar-refractivity contribution >= 4 is 23.2 Å². The van der Waals surface area contributed by atoms with E-state index in [1.54, 1.807) is 7.11 Å². The molecule has 0 amide bonds. The summed E-state index contributed by atoms with van der Waals surface area (Å²) in [6.45, 7) is 6.84. The van der Waals surface area contributed by atoms with Gasteiger partial charge < -0.3 is 19.5 Å². The van der Waals surface area contributed by atoms with Gasteiger partial charge in [0.2, 0.25) is 0 Å². The molecule has 0 bridgehead atoms. The summed E-state index contributed by atoms with van der Waals surface area (Å²) in [6.07, 6.45) is 1.10. The summed E-state index contributed by atoms with van der Waals surface area (Å²) < 4.78 is 16.8. The van der Waals surface area contributed by atoms with Crippen molar-refractivity contribution in [2.75, 3.05) is 46.5 Å². The van der Waals surface area contributed by atoms with Crippen molar-refractivity contribution in [2.24, 2.45) is 0 Å². The third-order valence-electron chi connectivity index (χ3n) is 4.88. The van der Waals surface area contributed by atoms with Gasteiger partial charge in [0.25, 0.3) is 0 Å². The summed E-state index contributed by atoms with van der Waals surface area (Å²) in [7, 11) is 1.62. The van der Waals surface area contributed by atoms with Gasteiger partial charge in [-0.2, -0.15) is 0 Å². The summed E-state index contributed by atoms with van der Waals surface area (Å²) in [6, 6.07) is 11.5. The number of morpholine rings is 1. The van der Waals surface area contributed by atoms with Gasteiger partial charge in [0.15, 0.2) is 11.5 Å². The molecule has 1 aliphatic rings. The number of nitrogens with one attached hydrogen (secondary N) is 1. The Bertz CT molecular complexity index is 783. The molecule has 0 unspecified atom stereocenters. The number of ether oxygens (including phenoxy) is 3. The van der Waals surface area contributed by atoms with Crippen LogP contribution in [0.5, 0.6) is 11.5 Å². The van der Waals surface area contributed by atoms with E-state index in [0.717, 1.165) is 63.5 Å². The highest BCUT2D eigenvalue weighted by Gasteiger charge is 2.13. The van der Waals surface area contributed by atoms with Crippen molar-refractivity contribution in [3.8, 4) is 11.5 Å². The van der Waals surface area contributed by atoms with Crippen LogP contribution in [0.4, 0.5) is 0 Å². The monoisotopic (exact) mass is 438 g/mol. The molecule has 3 rings (SSSR count). The Hall–Kier alpha value is -1.50. The van der Waals surface area contributed by atoms with E-state index in [4.69, 9.17) is 37.4 Å². The maximum Gasteiger partial charge on any atom is 0.180 e. The van der Waals surface area contributed by atoms with Crippen molar-refractivity contribution in [3.63, 3.8) is 0 Å². The Morgan fingerprint density at radius 3 is 2.66 bits per heavy atom. The highest BCUT2D eigenvalue weighted by Crippen LogP contribution is 2.37. The van der Waals surface area contributed by atoms with Crippen molar-refractivity contribution in [2.45, 2.75) is 19.6 Å². The summed E-state index contributed by atoms with van der Waals surface area (Å²) >= 11 is 12.7. The standard InChI is InChI=1S/C22H28Cl2N2O3/c1-27-21-14-17(15-25-7-4-8-26-9-11-28-12-10-26)13-20(24)22(21)29-16-18-5-2-3-6-19(18)23/h2-3,5-6,13-14,25H,4,7-12,15-16H2,1H3. The van der Waals surface area contributed by atoms with Crippen LogP contribution in [-0.2, 0) is 17.9 Å². The molecule has 0 atom stereocenters. The van der Waals surface area contributed by atoms with Gasteiger partial charge in [0, 0.05) is 30.2 Å². The minimum absolute atomic E-state index is 0.328. The zero-order chi connectivity index (χ0) is 20.5. The topological polar surface area (TPSA) is 43.0 Å². The third kappa shape index (κ3) is 6.76. The van der Waals surface area contributed by atoms with Crippen LogP contribution in [0.25, 0.3) is 0 Å². The first-order chi connectivity index (χ1) is 14.2. The van der Waals surface area contributed by atoms with Gasteiger partial charge in [-0.3, -0.25) is 4.90 Å². The van der Waals surface area contributed by atoms with Gasteiger partial charge in [0.05, 0.1) is 25.3 Å². The average molecular weight is 439 g/mol. The molecule has 5 nitrogen and oxygen atoms in total. The second-order valence-corrected chi connectivity index (χ2v) is 7.79. The maximum atomic E-state index is 6.48. The van der Waals surface area contributed by atoms with Crippen LogP contribution in [0.3, 0.4) is 0 Å². The number of halogens is 2. The number of hydrogen-bond acceptors (Lipinski definition) is 5. The molecule has 0 aromatic heterocycles. The van der Waals surface area contributed by atoms with E-state index < -0.39 is 0 Å². The molecule has 1 aliphatic heterocycles. The molecule has 2 aromatic rings. The number of nitrogens with zero attached hydrogens (tertiary/aromatic N) is 1. The Kier molecular flexibility index (Phi) is 8.90. The predicted molar refractivity (Wildman–Crippen MR) is 117 cm³/mol. The predicted octanol–water partition coefficient (Wildman–Crippen LogP) is 4.39. The van der Waals surface area contributed by atoms with Crippen molar-refractivity contribution in [1.82, 2.24) is 10.2 Å². The zero-order valence-corrected chi connectivity index (χ0v) is 18.3. The molecule has 1 fully saturated rings. The first kappa shape index (κ1) is 22.2. The van der Waals surface area contributed by atoms with Gasteiger partial charge in [-0.05, 0) is 43.3 Å². The molecule has 1 saturated heterocycles. The van der Waals surface area contributed by atoms with E-state index in [1.807, 2.05) is 36.4 Å². The van der Waals surface area contributed by atoms with Gasteiger partial charge in [0.1, 0.15) is 6.61 Å². The highest BCUT2D eigenvalue weighted by molar-refractivity contribution is 6.32. The molecule has 0 spiro atoms. The molecule has 2 aromatic carbocycles. The van der Waals surface area contributed by atoms with Gasteiger partial charge in [-0.1, -0.05) is 41.4 Å². The Balaban J connectivity index is 1.50. The first-order valence-corrected chi connectivity index (χ1v) is 10.7. The largest absolute Gasteiger partial charge is 0.493 e. The lowest BCUT2D eigenvalue weighted by atomic mass is 10.2. The minimum atomic E-state index is 0.328. The highest BCUT2D eigenvalue weighted by atomic mass is 35.5. The molecule has 158 valence electrons. The normalized spacial score (nSPS) is 14.7. The lowest BCUT2D eigenvalue weighted by molar-refractivity contribution is 0.0374. The van der Waals surface area contributed by atoms with Crippen LogP contribution in [0.2, 0.25) is 10.0 Å². The molecule has 0 saturated carbocycles. The fraction of sp³-hybridized carbons (Fsp3) is 0.455. The number of hydrogen-bond donors (Lipinski definition) is 1. The molecule has 29 heavy (non-hydrogen) atoms. The van der Waals surface area contributed by atoms with Gasteiger partial charge in [-0.15, -0.1) is 0 Å². The van der Waals surface area contributed by atoms with Gasteiger partial charge >= 0.3 is 0 Å². The summed E-state index contributed by atoms with van der Waals surface area (Å²) in [5, 5.41) is 4.67. The summed E-state index contributed by atoms with van der Waals surface area (Å²) in [5.74, 6) is 1.15. The number of benzene rings is 2. The van der Waals surface area contributed by atoms with Crippen LogP contribution in [0.1, 0.15) is 17.5 Å². The van der Waals surface area contributed by atoms with Crippen LogP contribution < -0.4 is 14.8 Å². The van der Waals surface area contributed by atoms with Crippen molar-refractivity contribution in [3.05, 3.63) is 57.6 Å². The van der Waals surface area contributed by atoms with E-state index in [-0.39, 0.29) is 0 Å². The van der Waals surface area contributed by atoms with Crippen molar-refractivity contribution in [1.29, 1.82) is 0 Å². The fourth-order valence-electron chi connectivity index (χ4n) is 3.27. The molecule has 1 heterocycles. The molecule has 7 heteroatoms. The second-order valence-electron chi connectivity index (χ2n) is 6.97. The lowest BCUT2D eigenvalue weighted by Crippen LogP contribution is -2.37. The third-order valence-corrected chi connectivity index (χ3v) is 5.53. The quantitative estimate of drug-likeness (QED) is 0.557. The lowest BCUT2D eigenvalue weighted by Gasteiger charge is -2.26. The molecular weight excluding hydrogens is 411 g/mol. The fourth-order valence-corrected chi connectivity index (χ4v) is 3.74. The maximum absolute atomic E-state index is 6.48. The molecule has 1 N–H and O–H groups in total. The molecule has 0 aliphatic carbocycles. The van der Waals surface area contributed by atoms with Crippen LogP contribution >= 0.6 is 23.2 Å². The summed E-state index contributed by atoms with van der Waals surface area (Å²) in [4.78, 5) is 2.44. The minimum Gasteiger partial charge on any atom is -0.493 e. The van der Waals surface area contributed by atoms with Gasteiger partial charge in [-0.25, -0.2) is 0 Å². The average Bonchev–Trinajstić information content (AvgIpc) is 2.74. The summed E-state index contributed by atoms with van der Waals surface area (Å²) in [5.41, 5.74) is 1.96. The molecule has 0 radical (unpaired) electrons. The SMILES string of the molecule is COc1cc(CNCCCN2CCOCC2)cc(Cl)c1OCc1ccccc1Cl. The van der Waals surface area contributed by atoms with E-state index in [9.17, 15) is 0 Å². The second kappa shape index (κ2) is 11.6. The Labute approximate surface area is 182 Å². The van der Waals surface area contributed by atoms with E-state index in [1.165, 1.54) is 0 Å². The Morgan fingerprint density at radius 1 is 1.10 bits per heavy atom.